The number of hydrogen-bond acceptors (Lipinski definition) is 3. The van der Waals surface area contributed by atoms with Crippen LogP contribution in [0.4, 0.5) is 50.0 Å². The lowest BCUT2D eigenvalue weighted by Gasteiger charge is -2.32. The Morgan fingerprint density at radius 3 is 1.83 bits per heavy atom. The molecule has 1 atom stereocenters. The summed E-state index contributed by atoms with van der Waals surface area (Å²) in [6.07, 6.45) is -16.5. The molecule has 0 heterocycles. The van der Waals surface area contributed by atoms with Crippen LogP contribution in [0, 0.1) is 0 Å². The summed E-state index contributed by atoms with van der Waals surface area (Å²) in [4.78, 5) is 11.5. The lowest BCUT2D eigenvalue weighted by atomic mass is 9.89. The highest BCUT2D eigenvalue weighted by Gasteiger charge is 2.56. The molecule has 0 unspecified atom stereocenters. The lowest BCUT2D eigenvalue weighted by Crippen LogP contribution is -2.48. The zero-order chi connectivity index (χ0) is 27.5. The number of hydrogen-bond donors (Lipinski definition) is 4. The molecule has 4 N–H and O–H groups in total. The minimum absolute atomic E-state index is 0.0224. The second-order valence-electron chi connectivity index (χ2n) is 7.53. The van der Waals surface area contributed by atoms with Crippen molar-refractivity contribution in [3.05, 3.63) is 63.7 Å². The maximum absolute atomic E-state index is 13.8. The summed E-state index contributed by atoms with van der Waals surface area (Å²) in [6, 6.07) is 2.40. The van der Waals surface area contributed by atoms with Crippen LogP contribution in [0.1, 0.15) is 29.2 Å². The van der Waals surface area contributed by atoms with Gasteiger partial charge in [-0.15, -0.1) is 0 Å². The van der Waals surface area contributed by atoms with E-state index in [2.05, 4.69) is 16.0 Å². The Morgan fingerprint density at radius 2 is 1.39 bits per heavy atom. The van der Waals surface area contributed by atoms with Gasteiger partial charge in [0.1, 0.15) is 0 Å². The summed E-state index contributed by atoms with van der Waals surface area (Å²) in [6.45, 7) is 0.434. The Labute approximate surface area is 203 Å². The normalized spacial score (nSPS) is 14.2. The first-order valence-corrected chi connectivity index (χ1v) is 10.4. The number of anilines is 1. The SMILES string of the molecule is CCNC(=O)NCc1ccc(NC[C@@](O)(c2cc(C(F)(F)F)cc(C(F)(F)F)c2)C(F)(F)F)cc1Cl. The van der Waals surface area contributed by atoms with E-state index < -0.39 is 53.4 Å². The van der Waals surface area contributed by atoms with Gasteiger partial charge in [0.25, 0.3) is 0 Å². The summed E-state index contributed by atoms with van der Waals surface area (Å²) in [7, 11) is 0. The molecule has 0 saturated carbocycles. The summed E-state index contributed by atoms with van der Waals surface area (Å²) in [5.74, 6) is 0. The summed E-state index contributed by atoms with van der Waals surface area (Å²) < 4.78 is 120. The largest absolute Gasteiger partial charge is 0.423 e. The second-order valence-corrected chi connectivity index (χ2v) is 7.93. The van der Waals surface area contributed by atoms with Gasteiger partial charge in [-0.05, 0) is 48.4 Å². The lowest BCUT2D eigenvalue weighted by molar-refractivity contribution is -0.261. The van der Waals surface area contributed by atoms with E-state index in [1.54, 1.807) is 6.92 Å². The predicted octanol–water partition coefficient (Wildman–Crippen LogP) is 6.06. The van der Waals surface area contributed by atoms with Crippen LogP contribution in [-0.2, 0) is 24.5 Å². The van der Waals surface area contributed by atoms with Crippen molar-refractivity contribution in [2.75, 3.05) is 18.4 Å². The van der Waals surface area contributed by atoms with E-state index in [9.17, 15) is 49.4 Å². The molecule has 2 amide bonds. The van der Waals surface area contributed by atoms with Gasteiger partial charge in [0.05, 0.1) is 17.7 Å². The van der Waals surface area contributed by atoms with Crippen LogP contribution in [0.2, 0.25) is 5.02 Å². The molecule has 2 aromatic carbocycles. The molecular formula is C21H19ClF9N3O2. The van der Waals surface area contributed by atoms with E-state index in [-0.39, 0.29) is 35.5 Å². The van der Waals surface area contributed by atoms with E-state index in [1.807, 2.05) is 0 Å². The molecular weight excluding hydrogens is 533 g/mol. The molecule has 15 heteroatoms. The molecule has 0 spiro atoms. The van der Waals surface area contributed by atoms with Gasteiger partial charge >= 0.3 is 24.6 Å². The van der Waals surface area contributed by atoms with Crippen molar-refractivity contribution in [2.24, 2.45) is 0 Å². The zero-order valence-corrected chi connectivity index (χ0v) is 19.0. The van der Waals surface area contributed by atoms with Gasteiger partial charge in [0, 0.05) is 23.8 Å². The topological polar surface area (TPSA) is 73.4 Å². The number of benzene rings is 2. The van der Waals surface area contributed by atoms with Gasteiger partial charge in [0.2, 0.25) is 5.60 Å². The minimum atomic E-state index is -5.67. The molecule has 36 heavy (non-hydrogen) atoms. The van der Waals surface area contributed by atoms with E-state index in [4.69, 9.17) is 11.6 Å². The fourth-order valence-electron chi connectivity index (χ4n) is 2.99. The van der Waals surface area contributed by atoms with Crippen LogP contribution in [0.15, 0.2) is 36.4 Å². The molecule has 200 valence electrons. The van der Waals surface area contributed by atoms with Gasteiger partial charge in [0.15, 0.2) is 0 Å². The molecule has 0 saturated heterocycles. The van der Waals surface area contributed by atoms with Crippen LogP contribution >= 0.6 is 11.6 Å². The number of alkyl halides is 9. The smallest absolute Gasteiger partial charge is 0.381 e. The number of aliphatic hydroxyl groups is 1. The van der Waals surface area contributed by atoms with Crippen molar-refractivity contribution in [3.8, 4) is 0 Å². The first-order valence-electron chi connectivity index (χ1n) is 10.0. The first kappa shape index (κ1) is 29.4. The molecule has 0 aromatic heterocycles. The fraction of sp³-hybridized carbons (Fsp3) is 0.381. The van der Waals surface area contributed by atoms with Crippen molar-refractivity contribution in [3.63, 3.8) is 0 Å². The molecule has 5 nitrogen and oxygen atoms in total. The van der Waals surface area contributed by atoms with E-state index in [0.717, 1.165) is 6.07 Å². The molecule has 0 radical (unpaired) electrons. The summed E-state index contributed by atoms with van der Waals surface area (Å²) in [5, 5.41) is 17.4. The molecule has 0 aliphatic carbocycles. The maximum Gasteiger partial charge on any atom is 0.423 e. The number of nitrogens with one attached hydrogen (secondary N) is 3. The van der Waals surface area contributed by atoms with Gasteiger partial charge in [-0.1, -0.05) is 17.7 Å². The van der Waals surface area contributed by atoms with Gasteiger partial charge < -0.3 is 21.1 Å². The third-order valence-corrected chi connectivity index (χ3v) is 5.26. The number of amides is 2. The minimum Gasteiger partial charge on any atom is -0.381 e. The number of carbonyl (C=O) groups excluding carboxylic acids is 1. The quantitative estimate of drug-likeness (QED) is 0.316. The van der Waals surface area contributed by atoms with Crippen molar-refractivity contribution < 1.29 is 49.4 Å². The average Bonchev–Trinajstić information content (AvgIpc) is 2.74. The maximum atomic E-state index is 13.8. The molecule has 0 aliphatic heterocycles. The Kier molecular flexibility index (Phi) is 8.67. The Hall–Kier alpha value is -2.87. The van der Waals surface area contributed by atoms with Crippen molar-refractivity contribution in [2.45, 2.75) is 37.6 Å². The first-order chi connectivity index (χ1) is 16.4. The highest BCUT2D eigenvalue weighted by Crippen LogP contribution is 2.44. The van der Waals surface area contributed by atoms with Crippen molar-refractivity contribution in [1.29, 1.82) is 0 Å². The van der Waals surface area contributed by atoms with Gasteiger partial charge in [-0.2, -0.15) is 39.5 Å². The number of rotatable bonds is 7. The summed E-state index contributed by atoms with van der Waals surface area (Å²) >= 11 is 6.04. The fourth-order valence-corrected chi connectivity index (χ4v) is 3.24. The molecule has 0 fully saturated rings. The third kappa shape index (κ3) is 7.09. The van der Waals surface area contributed by atoms with Gasteiger partial charge in [-0.25, -0.2) is 4.79 Å². The Bertz CT molecular complexity index is 1060. The number of urea groups is 1. The van der Waals surface area contributed by atoms with Crippen LogP contribution < -0.4 is 16.0 Å². The van der Waals surface area contributed by atoms with Crippen molar-refractivity contribution in [1.82, 2.24) is 10.6 Å². The molecule has 0 aliphatic rings. The van der Waals surface area contributed by atoms with Crippen molar-refractivity contribution >= 4 is 23.3 Å². The standard InChI is InChI=1S/C21H19ClF9N3O2/c1-2-32-17(35)33-9-11-3-4-15(8-16(11)22)34-10-18(36,21(29,30)31)12-5-13(19(23,24)25)7-14(6-12)20(26,27)28/h3-8,34,36H,2,9-10H2,1H3,(H2,32,33,35)/t18-/m1/s1. The van der Waals surface area contributed by atoms with E-state index >= 15 is 0 Å². The number of halogens is 10. The second kappa shape index (κ2) is 10.6. The third-order valence-electron chi connectivity index (χ3n) is 4.91. The van der Waals surface area contributed by atoms with E-state index in [0.29, 0.717) is 12.1 Å². The molecule has 0 bridgehead atoms. The Balaban J connectivity index is 2.39. The van der Waals surface area contributed by atoms with Crippen LogP contribution in [0.3, 0.4) is 0 Å². The Morgan fingerprint density at radius 1 is 0.861 bits per heavy atom. The predicted molar refractivity (Wildman–Crippen MR) is 112 cm³/mol. The molecule has 2 rings (SSSR count). The zero-order valence-electron chi connectivity index (χ0n) is 18.2. The van der Waals surface area contributed by atoms with Gasteiger partial charge in [-0.3, -0.25) is 0 Å². The average molecular weight is 552 g/mol. The monoisotopic (exact) mass is 551 g/mol. The number of carbonyl (C=O) groups is 1. The molecule has 2 aromatic rings. The van der Waals surface area contributed by atoms with Crippen LogP contribution in [0.25, 0.3) is 0 Å². The van der Waals surface area contributed by atoms with E-state index in [1.165, 1.54) is 12.1 Å². The highest BCUT2D eigenvalue weighted by atomic mass is 35.5. The van der Waals surface area contributed by atoms with Crippen LogP contribution in [0.5, 0.6) is 0 Å². The van der Waals surface area contributed by atoms with Crippen LogP contribution in [-0.4, -0.2) is 30.4 Å². The summed E-state index contributed by atoms with van der Waals surface area (Å²) in [5.41, 5.74) is -9.60. The highest BCUT2D eigenvalue weighted by molar-refractivity contribution is 6.31.